The number of nitrogens with zero attached hydrogens (tertiary/aromatic N) is 1. The SMILES string of the molecule is COC(=O)C(C)(N)CCOc1cc(C)c([N+](=O)[O-])cc1F. The number of nitro benzene ring substituents is 1. The number of aryl methyl sites for hydroxylation is 1. The molecule has 21 heavy (non-hydrogen) atoms. The number of methoxy groups -OCH3 is 1. The third-order valence-corrected chi connectivity index (χ3v) is 2.98. The van der Waals surface area contributed by atoms with Gasteiger partial charge >= 0.3 is 5.97 Å². The molecule has 0 spiro atoms. The van der Waals surface area contributed by atoms with E-state index in [0.29, 0.717) is 0 Å². The van der Waals surface area contributed by atoms with Gasteiger partial charge in [0.05, 0.1) is 24.7 Å². The lowest BCUT2D eigenvalue weighted by Gasteiger charge is -2.21. The van der Waals surface area contributed by atoms with E-state index in [-0.39, 0.29) is 30.0 Å². The summed E-state index contributed by atoms with van der Waals surface area (Å²) in [6.07, 6.45) is 0.106. The first kappa shape index (κ1) is 16.8. The summed E-state index contributed by atoms with van der Waals surface area (Å²) in [7, 11) is 1.22. The van der Waals surface area contributed by atoms with Crippen LogP contribution in [0.3, 0.4) is 0 Å². The van der Waals surface area contributed by atoms with Gasteiger partial charge in [-0.05, 0) is 19.9 Å². The molecule has 1 unspecified atom stereocenters. The number of carbonyl (C=O) groups is 1. The van der Waals surface area contributed by atoms with Crippen LogP contribution in [0, 0.1) is 22.9 Å². The minimum atomic E-state index is -1.25. The minimum absolute atomic E-state index is 0.0315. The van der Waals surface area contributed by atoms with Crippen molar-refractivity contribution in [2.45, 2.75) is 25.8 Å². The van der Waals surface area contributed by atoms with Crippen molar-refractivity contribution in [3.05, 3.63) is 33.6 Å². The van der Waals surface area contributed by atoms with E-state index in [4.69, 9.17) is 10.5 Å². The maximum atomic E-state index is 13.7. The molecular weight excluding hydrogens is 283 g/mol. The largest absolute Gasteiger partial charge is 0.490 e. The van der Waals surface area contributed by atoms with Gasteiger partial charge in [-0.15, -0.1) is 0 Å². The first-order valence-electron chi connectivity index (χ1n) is 6.13. The van der Waals surface area contributed by atoms with Gasteiger partial charge in [0, 0.05) is 12.0 Å². The van der Waals surface area contributed by atoms with Crippen molar-refractivity contribution in [1.29, 1.82) is 0 Å². The number of rotatable bonds is 6. The first-order valence-corrected chi connectivity index (χ1v) is 6.13. The second kappa shape index (κ2) is 6.49. The van der Waals surface area contributed by atoms with Crippen molar-refractivity contribution < 1.29 is 23.6 Å². The van der Waals surface area contributed by atoms with Crippen LogP contribution < -0.4 is 10.5 Å². The highest BCUT2D eigenvalue weighted by Crippen LogP contribution is 2.27. The minimum Gasteiger partial charge on any atom is -0.490 e. The molecule has 0 aromatic heterocycles. The number of ether oxygens (including phenoxy) is 2. The molecule has 1 atom stereocenters. The Morgan fingerprint density at radius 2 is 2.14 bits per heavy atom. The number of halogens is 1. The van der Waals surface area contributed by atoms with Crippen LogP contribution >= 0.6 is 0 Å². The number of carbonyl (C=O) groups excluding carboxylic acids is 1. The summed E-state index contributed by atoms with van der Waals surface area (Å²) in [5, 5.41) is 10.7. The van der Waals surface area contributed by atoms with Gasteiger partial charge in [-0.1, -0.05) is 0 Å². The Balaban J connectivity index is 2.75. The van der Waals surface area contributed by atoms with Crippen molar-refractivity contribution in [2.24, 2.45) is 5.73 Å². The maximum absolute atomic E-state index is 13.7. The molecular formula is C13H17FN2O5. The third-order valence-electron chi connectivity index (χ3n) is 2.98. The average molecular weight is 300 g/mol. The molecule has 1 rings (SSSR count). The molecule has 116 valence electrons. The van der Waals surface area contributed by atoms with E-state index in [1.54, 1.807) is 0 Å². The van der Waals surface area contributed by atoms with Crippen LogP contribution in [-0.4, -0.2) is 30.1 Å². The summed E-state index contributed by atoms with van der Waals surface area (Å²) in [6, 6.07) is 2.03. The third kappa shape index (κ3) is 4.12. The van der Waals surface area contributed by atoms with E-state index in [1.165, 1.54) is 27.0 Å². The van der Waals surface area contributed by atoms with Crippen LogP contribution in [0.4, 0.5) is 10.1 Å². The zero-order chi connectivity index (χ0) is 16.2. The van der Waals surface area contributed by atoms with E-state index < -0.39 is 22.2 Å². The molecule has 0 bridgehead atoms. The summed E-state index contributed by atoms with van der Waals surface area (Å²) >= 11 is 0. The van der Waals surface area contributed by atoms with Crippen LogP contribution in [-0.2, 0) is 9.53 Å². The number of hydrogen-bond acceptors (Lipinski definition) is 6. The summed E-state index contributed by atoms with van der Waals surface area (Å²) < 4.78 is 23.4. The molecule has 0 amide bonds. The second-order valence-electron chi connectivity index (χ2n) is 4.83. The van der Waals surface area contributed by atoms with Crippen LogP contribution in [0.15, 0.2) is 12.1 Å². The molecule has 0 aliphatic heterocycles. The topological polar surface area (TPSA) is 105 Å². The molecule has 0 heterocycles. The van der Waals surface area contributed by atoms with Gasteiger partial charge in [-0.25, -0.2) is 4.39 Å². The highest BCUT2D eigenvalue weighted by Gasteiger charge is 2.29. The molecule has 8 heteroatoms. The highest BCUT2D eigenvalue weighted by molar-refractivity contribution is 5.79. The fourth-order valence-corrected chi connectivity index (χ4v) is 1.66. The van der Waals surface area contributed by atoms with E-state index >= 15 is 0 Å². The first-order chi connectivity index (χ1) is 9.69. The van der Waals surface area contributed by atoms with Gasteiger partial charge in [-0.2, -0.15) is 0 Å². The van der Waals surface area contributed by atoms with Crippen LogP contribution in [0.5, 0.6) is 5.75 Å². The highest BCUT2D eigenvalue weighted by atomic mass is 19.1. The fourth-order valence-electron chi connectivity index (χ4n) is 1.66. The predicted octanol–water partition coefficient (Wildman–Crippen LogP) is 1.70. The summed E-state index contributed by atoms with van der Waals surface area (Å²) in [5.41, 5.74) is 4.44. The van der Waals surface area contributed by atoms with Crippen LogP contribution in [0.1, 0.15) is 18.9 Å². The Hall–Kier alpha value is -2.22. The predicted molar refractivity (Wildman–Crippen MR) is 72.5 cm³/mol. The quantitative estimate of drug-likeness (QED) is 0.487. The van der Waals surface area contributed by atoms with E-state index in [2.05, 4.69) is 4.74 Å². The van der Waals surface area contributed by atoms with Gasteiger partial charge in [0.15, 0.2) is 11.6 Å². The second-order valence-corrected chi connectivity index (χ2v) is 4.83. The maximum Gasteiger partial charge on any atom is 0.325 e. The number of nitrogens with two attached hydrogens (primary N) is 1. The zero-order valence-electron chi connectivity index (χ0n) is 12.0. The molecule has 1 aromatic carbocycles. The van der Waals surface area contributed by atoms with Gasteiger partial charge in [-0.3, -0.25) is 14.9 Å². The summed E-state index contributed by atoms with van der Waals surface area (Å²) in [4.78, 5) is 21.4. The number of esters is 1. The Labute approximate surface area is 121 Å². The van der Waals surface area contributed by atoms with Crippen LogP contribution in [0.25, 0.3) is 0 Å². The Kier molecular flexibility index (Phi) is 5.20. The van der Waals surface area contributed by atoms with E-state index in [0.717, 1.165) is 6.07 Å². The number of nitro groups is 1. The van der Waals surface area contributed by atoms with E-state index in [1.807, 2.05) is 0 Å². The van der Waals surface area contributed by atoms with Crippen LogP contribution in [0.2, 0.25) is 0 Å². The number of benzene rings is 1. The molecule has 7 nitrogen and oxygen atoms in total. The van der Waals surface area contributed by atoms with Gasteiger partial charge in [0.25, 0.3) is 5.69 Å². The molecule has 2 N–H and O–H groups in total. The molecule has 0 aliphatic carbocycles. The van der Waals surface area contributed by atoms with Gasteiger partial charge in [0.2, 0.25) is 0 Å². The van der Waals surface area contributed by atoms with Gasteiger partial charge < -0.3 is 15.2 Å². The van der Waals surface area contributed by atoms with Crippen molar-refractivity contribution in [1.82, 2.24) is 0 Å². The number of hydrogen-bond donors (Lipinski definition) is 1. The Morgan fingerprint density at radius 1 is 1.52 bits per heavy atom. The lowest BCUT2D eigenvalue weighted by molar-refractivity contribution is -0.385. The van der Waals surface area contributed by atoms with Crippen molar-refractivity contribution in [3.8, 4) is 5.75 Å². The molecule has 0 fully saturated rings. The average Bonchev–Trinajstić information content (AvgIpc) is 2.40. The van der Waals surface area contributed by atoms with E-state index in [9.17, 15) is 19.3 Å². The molecule has 0 saturated carbocycles. The summed E-state index contributed by atoms with van der Waals surface area (Å²) in [6.45, 7) is 2.92. The van der Waals surface area contributed by atoms with Crippen molar-refractivity contribution >= 4 is 11.7 Å². The molecule has 1 aromatic rings. The zero-order valence-corrected chi connectivity index (χ0v) is 12.0. The lowest BCUT2D eigenvalue weighted by atomic mass is 10.0. The standard InChI is InChI=1S/C13H17FN2O5/c1-8-6-11(9(14)7-10(8)16(18)19)21-5-4-13(2,15)12(17)20-3/h6-7H,4-5,15H2,1-3H3. The van der Waals surface area contributed by atoms with Gasteiger partial charge in [0.1, 0.15) is 5.54 Å². The Bertz CT molecular complexity index is 560. The normalized spacial score (nSPS) is 13.4. The van der Waals surface area contributed by atoms with Crippen molar-refractivity contribution in [3.63, 3.8) is 0 Å². The lowest BCUT2D eigenvalue weighted by Crippen LogP contribution is -2.46. The summed E-state index contributed by atoms with van der Waals surface area (Å²) in [5.74, 6) is -1.57. The molecule has 0 radical (unpaired) electrons. The van der Waals surface area contributed by atoms with Crippen molar-refractivity contribution in [2.75, 3.05) is 13.7 Å². The molecule has 0 saturated heterocycles. The molecule has 0 aliphatic rings. The Morgan fingerprint density at radius 3 is 2.67 bits per heavy atom. The fraction of sp³-hybridized carbons (Fsp3) is 0.462. The monoisotopic (exact) mass is 300 g/mol. The smallest absolute Gasteiger partial charge is 0.325 e.